The molecule has 1 aliphatic rings. The van der Waals surface area contributed by atoms with Crippen molar-refractivity contribution in [3.8, 4) is 0 Å². The molecule has 0 aromatic heterocycles. The Labute approximate surface area is 79.5 Å². The molecule has 1 saturated heterocycles. The first-order valence-electron chi connectivity index (χ1n) is 4.42. The second-order valence-corrected chi connectivity index (χ2v) is 3.42. The number of aliphatic hydroxyl groups is 1. The maximum absolute atomic E-state index is 12.0. The van der Waals surface area contributed by atoms with Crippen LogP contribution >= 0.6 is 0 Å². The van der Waals surface area contributed by atoms with Crippen LogP contribution in [0.15, 0.2) is 0 Å². The summed E-state index contributed by atoms with van der Waals surface area (Å²) >= 11 is 0. The zero-order valence-corrected chi connectivity index (χ0v) is 7.55. The minimum absolute atomic E-state index is 0.0198. The van der Waals surface area contributed by atoms with Crippen LogP contribution in [-0.2, 0) is 4.79 Å². The van der Waals surface area contributed by atoms with Crippen molar-refractivity contribution in [1.82, 2.24) is 4.90 Å². The second-order valence-electron chi connectivity index (χ2n) is 3.42. The van der Waals surface area contributed by atoms with Crippen LogP contribution in [0.4, 0.5) is 13.2 Å². The first kappa shape index (κ1) is 11.3. The van der Waals surface area contributed by atoms with Gasteiger partial charge in [-0.1, -0.05) is 0 Å². The Morgan fingerprint density at radius 2 is 1.86 bits per heavy atom. The summed E-state index contributed by atoms with van der Waals surface area (Å²) in [4.78, 5) is 11.6. The Kier molecular flexibility index (Phi) is 3.36. The molecule has 0 atom stereocenters. The van der Waals surface area contributed by atoms with Gasteiger partial charge in [-0.05, 0) is 18.8 Å². The van der Waals surface area contributed by atoms with E-state index in [0.717, 1.165) is 4.90 Å². The highest BCUT2D eigenvalue weighted by Crippen LogP contribution is 2.23. The van der Waals surface area contributed by atoms with Crippen LogP contribution in [0.3, 0.4) is 0 Å². The molecule has 6 heteroatoms. The summed E-state index contributed by atoms with van der Waals surface area (Å²) in [6, 6.07) is 0. The van der Waals surface area contributed by atoms with Crippen LogP contribution in [0.1, 0.15) is 12.8 Å². The lowest BCUT2D eigenvalue weighted by Crippen LogP contribution is -2.45. The van der Waals surface area contributed by atoms with Crippen molar-refractivity contribution in [3.05, 3.63) is 0 Å². The SMILES string of the molecule is O=C(N1CCC(CO)CC1)C(F)(F)F. The van der Waals surface area contributed by atoms with Crippen molar-refractivity contribution < 1.29 is 23.1 Å². The number of aliphatic hydroxyl groups excluding tert-OH is 1. The van der Waals surface area contributed by atoms with Crippen LogP contribution in [-0.4, -0.2) is 41.8 Å². The summed E-state index contributed by atoms with van der Waals surface area (Å²) < 4.78 is 35.9. The first-order valence-corrected chi connectivity index (χ1v) is 4.42. The predicted octanol–water partition coefficient (Wildman–Crippen LogP) is 0.780. The highest BCUT2D eigenvalue weighted by molar-refractivity contribution is 5.81. The van der Waals surface area contributed by atoms with Crippen LogP contribution < -0.4 is 0 Å². The highest BCUT2D eigenvalue weighted by atomic mass is 19.4. The van der Waals surface area contributed by atoms with Gasteiger partial charge in [0, 0.05) is 19.7 Å². The van der Waals surface area contributed by atoms with Crippen molar-refractivity contribution in [3.63, 3.8) is 0 Å². The standard InChI is InChI=1S/C8H12F3NO2/c9-8(10,11)7(14)12-3-1-6(5-13)2-4-12/h6,13H,1-5H2. The molecule has 1 heterocycles. The van der Waals surface area contributed by atoms with Crippen LogP contribution in [0.5, 0.6) is 0 Å². The third kappa shape index (κ3) is 2.60. The molecule has 0 aromatic carbocycles. The van der Waals surface area contributed by atoms with Crippen molar-refractivity contribution in [2.75, 3.05) is 19.7 Å². The molecule has 0 aliphatic carbocycles. The molecule has 1 aliphatic heterocycles. The fourth-order valence-electron chi connectivity index (χ4n) is 1.50. The fourth-order valence-corrected chi connectivity index (χ4v) is 1.50. The van der Waals surface area contributed by atoms with Crippen LogP contribution in [0.25, 0.3) is 0 Å². The van der Waals surface area contributed by atoms with E-state index in [1.165, 1.54) is 0 Å². The molecule has 1 amide bonds. The largest absolute Gasteiger partial charge is 0.471 e. The van der Waals surface area contributed by atoms with E-state index in [2.05, 4.69) is 0 Å². The molecule has 0 spiro atoms. The number of halogens is 3. The Bertz CT molecular complexity index is 209. The lowest BCUT2D eigenvalue weighted by molar-refractivity contribution is -0.186. The number of alkyl halides is 3. The molecular weight excluding hydrogens is 199 g/mol. The van der Waals surface area contributed by atoms with E-state index >= 15 is 0 Å². The quantitative estimate of drug-likeness (QED) is 0.696. The average molecular weight is 211 g/mol. The Morgan fingerprint density at radius 1 is 1.36 bits per heavy atom. The number of nitrogens with zero attached hydrogens (tertiary/aromatic N) is 1. The van der Waals surface area contributed by atoms with Crippen LogP contribution in [0, 0.1) is 5.92 Å². The van der Waals surface area contributed by atoms with E-state index in [1.807, 2.05) is 0 Å². The summed E-state index contributed by atoms with van der Waals surface area (Å²) in [6.45, 7) is 0.154. The van der Waals surface area contributed by atoms with Gasteiger partial charge in [-0.2, -0.15) is 13.2 Å². The summed E-state index contributed by atoms with van der Waals surface area (Å²) in [5.41, 5.74) is 0. The topological polar surface area (TPSA) is 40.5 Å². The summed E-state index contributed by atoms with van der Waals surface area (Å²) in [5, 5.41) is 8.75. The van der Waals surface area contributed by atoms with E-state index in [1.54, 1.807) is 0 Å². The Balaban J connectivity index is 2.46. The van der Waals surface area contributed by atoms with Crippen LogP contribution in [0.2, 0.25) is 0 Å². The molecule has 0 unspecified atom stereocenters. The van der Waals surface area contributed by atoms with Crippen molar-refractivity contribution in [2.45, 2.75) is 19.0 Å². The molecule has 1 rings (SSSR count). The van der Waals surface area contributed by atoms with Gasteiger partial charge in [0.15, 0.2) is 0 Å². The molecule has 14 heavy (non-hydrogen) atoms. The van der Waals surface area contributed by atoms with E-state index < -0.39 is 12.1 Å². The second kappa shape index (κ2) is 4.16. The predicted molar refractivity (Wildman–Crippen MR) is 42.4 cm³/mol. The molecule has 82 valence electrons. The van der Waals surface area contributed by atoms with E-state index in [-0.39, 0.29) is 25.6 Å². The Hall–Kier alpha value is -0.780. The van der Waals surface area contributed by atoms with Crippen molar-refractivity contribution in [2.24, 2.45) is 5.92 Å². The molecule has 0 aromatic rings. The molecular formula is C8H12F3NO2. The molecule has 1 N–H and O–H groups in total. The van der Waals surface area contributed by atoms with Gasteiger partial charge in [0.05, 0.1) is 0 Å². The van der Waals surface area contributed by atoms with Crippen molar-refractivity contribution >= 4 is 5.91 Å². The zero-order chi connectivity index (χ0) is 10.8. The maximum atomic E-state index is 12.0. The summed E-state index contributed by atoms with van der Waals surface area (Å²) in [7, 11) is 0. The number of likely N-dealkylation sites (tertiary alicyclic amines) is 1. The number of rotatable bonds is 1. The van der Waals surface area contributed by atoms with Gasteiger partial charge in [0.25, 0.3) is 0 Å². The van der Waals surface area contributed by atoms with Gasteiger partial charge >= 0.3 is 12.1 Å². The number of amides is 1. The maximum Gasteiger partial charge on any atom is 0.471 e. The highest BCUT2D eigenvalue weighted by Gasteiger charge is 2.43. The zero-order valence-electron chi connectivity index (χ0n) is 7.55. The van der Waals surface area contributed by atoms with E-state index in [4.69, 9.17) is 5.11 Å². The normalized spacial score (nSPS) is 19.9. The van der Waals surface area contributed by atoms with Gasteiger partial charge < -0.3 is 10.0 Å². The lowest BCUT2D eigenvalue weighted by Gasteiger charge is -2.31. The molecule has 0 bridgehead atoms. The van der Waals surface area contributed by atoms with Gasteiger partial charge in [0.1, 0.15) is 0 Å². The first-order chi connectivity index (χ1) is 6.45. The fraction of sp³-hybridized carbons (Fsp3) is 0.875. The molecule has 0 radical (unpaired) electrons. The van der Waals surface area contributed by atoms with Gasteiger partial charge in [-0.3, -0.25) is 4.79 Å². The lowest BCUT2D eigenvalue weighted by atomic mass is 9.98. The van der Waals surface area contributed by atoms with E-state index in [0.29, 0.717) is 12.8 Å². The number of hydrogen-bond donors (Lipinski definition) is 1. The van der Waals surface area contributed by atoms with Gasteiger partial charge in [-0.15, -0.1) is 0 Å². The Morgan fingerprint density at radius 3 is 2.21 bits per heavy atom. The van der Waals surface area contributed by atoms with E-state index in [9.17, 15) is 18.0 Å². The summed E-state index contributed by atoms with van der Waals surface area (Å²) in [5.74, 6) is -1.74. The summed E-state index contributed by atoms with van der Waals surface area (Å²) in [6.07, 6.45) is -3.89. The monoisotopic (exact) mass is 211 g/mol. The third-order valence-electron chi connectivity index (χ3n) is 2.40. The smallest absolute Gasteiger partial charge is 0.396 e. The number of carbonyl (C=O) groups is 1. The molecule has 0 saturated carbocycles. The van der Waals surface area contributed by atoms with Crippen molar-refractivity contribution in [1.29, 1.82) is 0 Å². The number of hydrogen-bond acceptors (Lipinski definition) is 2. The third-order valence-corrected chi connectivity index (χ3v) is 2.40. The molecule has 3 nitrogen and oxygen atoms in total. The number of carbonyl (C=O) groups excluding carboxylic acids is 1. The average Bonchev–Trinajstić information content (AvgIpc) is 2.15. The molecule has 1 fully saturated rings. The van der Waals surface area contributed by atoms with Gasteiger partial charge in [-0.25, -0.2) is 0 Å². The number of piperidine rings is 1. The minimum Gasteiger partial charge on any atom is -0.396 e. The van der Waals surface area contributed by atoms with Gasteiger partial charge in [0.2, 0.25) is 0 Å². The minimum atomic E-state index is -4.77.